The van der Waals surface area contributed by atoms with Gasteiger partial charge in [-0.15, -0.1) is 0 Å². The van der Waals surface area contributed by atoms with Crippen LogP contribution in [0.1, 0.15) is 70.8 Å². The lowest BCUT2D eigenvalue weighted by Gasteiger charge is -2.38. The third-order valence-electron chi connectivity index (χ3n) is 7.71. The number of hydrogen-bond acceptors (Lipinski definition) is 4. The number of carbonyl (C=O) groups is 1. The van der Waals surface area contributed by atoms with Gasteiger partial charge in [0, 0.05) is 48.4 Å². The molecule has 1 aliphatic heterocycles. The molecule has 0 amide bonds. The van der Waals surface area contributed by atoms with Crippen molar-refractivity contribution in [2.45, 2.75) is 44.4 Å². The van der Waals surface area contributed by atoms with E-state index in [-0.39, 0.29) is 11.2 Å². The van der Waals surface area contributed by atoms with Crippen molar-refractivity contribution in [2.24, 2.45) is 0 Å². The Bertz CT molecular complexity index is 1200. The smallest absolute Gasteiger partial charge is 0.193 e. The van der Waals surface area contributed by atoms with Crippen LogP contribution in [0.15, 0.2) is 35.9 Å². The zero-order valence-corrected chi connectivity index (χ0v) is 18.2. The van der Waals surface area contributed by atoms with Crippen LogP contribution in [0.2, 0.25) is 0 Å². The number of anilines is 1. The lowest BCUT2D eigenvalue weighted by atomic mass is 9.68. The van der Waals surface area contributed by atoms with Crippen molar-refractivity contribution in [1.29, 1.82) is 5.26 Å². The van der Waals surface area contributed by atoms with Gasteiger partial charge < -0.3 is 10.2 Å². The summed E-state index contributed by atoms with van der Waals surface area (Å²) < 4.78 is 0. The molecule has 1 heterocycles. The minimum absolute atomic E-state index is 0.168. The van der Waals surface area contributed by atoms with Gasteiger partial charge in [0.1, 0.15) is 0 Å². The first-order chi connectivity index (χ1) is 15.0. The summed E-state index contributed by atoms with van der Waals surface area (Å²) >= 11 is 0. The second kappa shape index (κ2) is 6.55. The van der Waals surface area contributed by atoms with Gasteiger partial charge in [0.05, 0.1) is 11.6 Å². The molecule has 4 aliphatic rings. The standard InChI is InChI=1S/C27H27N3O/c1-27(2)22-14-24(30-9-7-29-8-10-30)20(17-4-5-17)13-21(22)26(31)25-19-6-3-16(15-28)11-18(19)12-23(25)27/h3,6,11,13-14,17,29H,4-5,7-10,12H2,1-2H3. The molecule has 31 heavy (non-hydrogen) atoms. The number of hydrogen-bond donors (Lipinski definition) is 1. The summed E-state index contributed by atoms with van der Waals surface area (Å²) in [5, 5.41) is 12.8. The number of fused-ring (bicyclic) bond motifs is 3. The number of nitriles is 1. The average Bonchev–Trinajstić information content (AvgIpc) is 3.56. The van der Waals surface area contributed by atoms with Crippen LogP contribution in [0.5, 0.6) is 0 Å². The van der Waals surface area contributed by atoms with E-state index in [2.05, 4.69) is 42.3 Å². The predicted molar refractivity (Wildman–Crippen MR) is 123 cm³/mol. The van der Waals surface area contributed by atoms with E-state index in [9.17, 15) is 10.1 Å². The lowest BCUT2D eigenvalue weighted by Crippen LogP contribution is -2.44. The SMILES string of the molecule is CC1(C)C2=C(C(=O)c3cc(C4CC4)c(N4CCNCC4)cc31)c1ccc(C#N)cc1C2. The van der Waals surface area contributed by atoms with Crippen molar-refractivity contribution < 1.29 is 4.79 Å². The number of carbonyl (C=O) groups excluding carboxylic acids is 1. The molecule has 3 aliphatic carbocycles. The molecule has 1 N–H and O–H groups in total. The number of allylic oxidation sites excluding steroid dienone is 2. The summed E-state index contributed by atoms with van der Waals surface area (Å²) in [6.07, 6.45) is 3.21. The van der Waals surface area contributed by atoms with Gasteiger partial charge in [-0.25, -0.2) is 0 Å². The summed E-state index contributed by atoms with van der Waals surface area (Å²) in [6.45, 7) is 8.59. The van der Waals surface area contributed by atoms with Gasteiger partial charge >= 0.3 is 0 Å². The monoisotopic (exact) mass is 409 g/mol. The highest BCUT2D eigenvalue weighted by Crippen LogP contribution is 2.53. The van der Waals surface area contributed by atoms with E-state index in [0.29, 0.717) is 11.5 Å². The number of rotatable bonds is 2. The number of Topliss-reactive ketones (excluding diaryl/α,β-unsaturated/α-hetero) is 1. The highest BCUT2D eigenvalue weighted by molar-refractivity contribution is 6.33. The highest BCUT2D eigenvalue weighted by Gasteiger charge is 2.44. The fourth-order valence-corrected chi connectivity index (χ4v) is 5.80. The van der Waals surface area contributed by atoms with Crippen molar-refractivity contribution in [3.05, 3.63) is 69.3 Å². The lowest BCUT2D eigenvalue weighted by molar-refractivity contribution is 0.105. The fourth-order valence-electron chi connectivity index (χ4n) is 5.80. The summed E-state index contributed by atoms with van der Waals surface area (Å²) in [6, 6.07) is 12.6. The maximum atomic E-state index is 13.8. The Balaban J connectivity index is 1.52. The molecule has 4 heteroatoms. The van der Waals surface area contributed by atoms with Gasteiger partial charge in [-0.1, -0.05) is 19.9 Å². The van der Waals surface area contributed by atoms with Crippen LogP contribution in [0.4, 0.5) is 5.69 Å². The van der Waals surface area contributed by atoms with Gasteiger partial charge in [0.25, 0.3) is 0 Å². The molecule has 0 spiro atoms. The minimum atomic E-state index is -0.213. The summed E-state index contributed by atoms with van der Waals surface area (Å²) in [4.78, 5) is 16.4. The van der Waals surface area contributed by atoms with E-state index in [0.717, 1.165) is 54.9 Å². The first-order valence-electron chi connectivity index (χ1n) is 11.4. The van der Waals surface area contributed by atoms with E-state index in [4.69, 9.17) is 0 Å². The van der Waals surface area contributed by atoms with Crippen LogP contribution >= 0.6 is 0 Å². The first-order valence-corrected chi connectivity index (χ1v) is 11.4. The molecule has 2 fully saturated rings. The molecule has 0 radical (unpaired) electrons. The molecular formula is C27H27N3O. The molecule has 0 bridgehead atoms. The molecule has 0 unspecified atom stereocenters. The van der Waals surface area contributed by atoms with Crippen LogP contribution in [-0.4, -0.2) is 32.0 Å². The van der Waals surface area contributed by atoms with Gasteiger partial charge in [-0.2, -0.15) is 5.26 Å². The second-order valence-corrected chi connectivity index (χ2v) is 9.94. The van der Waals surface area contributed by atoms with Crippen molar-refractivity contribution in [1.82, 2.24) is 5.32 Å². The molecule has 2 aromatic carbocycles. The molecule has 1 saturated heterocycles. The van der Waals surface area contributed by atoms with Crippen molar-refractivity contribution in [2.75, 3.05) is 31.1 Å². The Hall–Kier alpha value is -2.90. The largest absolute Gasteiger partial charge is 0.369 e. The zero-order valence-electron chi connectivity index (χ0n) is 18.2. The van der Waals surface area contributed by atoms with Crippen LogP contribution < -0.4 is 10.2 Å². The van der Waals surface area contributed by atoms with Gasteiger partial charge in [0.15, 0.2) is 5.78 Å². The highest BCUT2D eigenvalue weighted by atomic mass is 16.1. The average molecular weight is 410 g/mol. The number of nitrogens with zero attached hydrogens (tertiary/aromatic N) is 2. The second-order valence-electron chi connectivity index (χ2n) is 9.94. The van der Waals surface area contributed by atoms with Crippen molar-refractivity contribution >= 4 is 17.0 Å². The molecule has 2 aromatic rings. The Morgan fingerprint density at radius 2 is 1.87 bits per heavy atom. The molecule has 6 rings (SSSR count). The normalized spacial score (nSPS) is 21.5. The molecule has 4 nitrogen and oxygen atoms in total. The molecule has 0 aromatic heterocycles. The van der Waals surface area contributed by atoms with Crippen LogP contribution in [-0.2, 0) is 11.8 Å². The topological polar surface area (TPSA) is 56.1 Å². The van der Waals surface area contributed by atoms with Crippen molar-refractivity contribution in [3.63, 3.8) is 0 Å². The number of ketones is 1. The fraction of sp³-hybridized carbons (Fsp3) is 0.407. The van der Waals surface area contributed by atoms with Crippen molar-refractivity contribution in [3.8, 4) is 6.07 Å². The van der Waals surface area contributed by atoms with Crippen LogP contribution in [0, 0.1) is 11.3 Å². The third kappa shape index (κ3) is 2.73. The van der Waals surface area contributed by atoms with E-state index in [1.54, 1.807) is 0 Å². The van der Waals surface area contributed by atoms with Gasteiger partial charge in [0.2, 0.25) is 0 Å². The summed E-state index contributed by atoms with van der Waals surface area (Å²) in [5.41, 5.74) is 9.45. The third-order valence-corrected chi connectivity index (χ3v) is 7.71. The maximum absolute atomic E-state index is 13.8. The summed E-state index contributed by atoms with van der Waals surface area (Å²) in [5.74, 6) is 0.761. The predicted octanol–water partition coefficient (Wildman–Crippen LogP) is 4.33. The Morgan fingerprint density at radius 1 is 1.10 bits per heavy atom. The summed E-state index contributed by atoms with van der Waals surface area (Å²) in [7, 11) is 0. The zero-order chi connectivity index (χ0) is 21.3. The quantitative estimate of drug-likeness (QED) is 0.802. The Kier molecular flexibility index (Phi) is 3.98. The number of piperazine rings is 1. The maximum Gasteiger partial charge on any atom is 0.193 e. The number of nitrogens with one attached hydrogen (secondary N) is 1. The Morgan fingerprint density at radius 3 is 2.58 bits per heavy atom. The van der Waals surface area contributed by atoms with Gasteiger partial charge in [-0.3, -0.25) is 4.79 Å². The first kappa shape index (κ1) is 18.8. The van der Waals surface area contributed by atoms with Crippen LogP contribution in [0.25, 0.3) is 5.57 Å². The molecular weight excluding hydrogens is 382 g/mol. The molecule has 0 atom stereocenters. The Labute approximate surface area is 183 Å². The van der Waals surface area contributed by atoms with Gasteiger partial charge in [-0.05, 0) is 77.3 Å². The van der Waals surface area contributed by atoms with E-state index >= 15 is 0 Å². The molecule has 156 valence electrons. The minimum Gasteiger partial charge on any atom is -0.369 e. The van der Waals surface area contributed by atoms with Crippen LogP contribution in [0.3, 0.4) is 0 Å². The van der Waals surface area contributed by atoms with E-state index in [1.807, 2.05) is 18.2 Å². The van der Waals surface area contributed by atoms with E-state index in [1.165, 1.54) is 35.2 Å². The van der Waals surface area contributed by atoms with E-state index < -0.39 is 0 Å². The molecule has 1 saturated carbocycles. The number of benzene rings is 2.